The molecule has 2 aromatic rings. The number of rotatable bonds is 4. The molecule has 1 fully saturated rings. The number of hydrogen-bond acceptors (Lipinski definition) is 5. The predicted molar refractivity (Wildman–Crippen MR) is 86.1 cm³/mol. The molecule has 3 rings (SSSR count). The van der Waals surface area contributed by atoms with E-state index in [1.54, 1.807) is 18.2 Å². The summed E-state index contributed by atoms with van der Waals surface area (Å²) in [4.78, 5) is 36.8. The zero-order chi connectivity index (χ0) is 18.9. The second-order valence-electron chi connectivity index (χ2n) is 6.27. The van der Waals surface area contributed by atoms with Crippen molar-refractivity contribution in [1.29, 1.82) is 0 Å². The molecule has 0 unspecified atom stereocenters. The van der Waals surface area contributed by atoms with Gasteiger partial charge >= 0.3 is 11.7 Å². The molecule has 7 nitrogen and oxygen atoms in total. The monoisotopic (exact) mass is 366 g/mol. The first-order chi connectivity index (χ1) is 12.2. The number of halogens is 2. The minimum atomic E-state index is -2.62. The molecule has 0 bridgehead atoms. The fourth-order valence-electron chi connectivity index (χ4n) is 2.84. The Morgan fingerprint density at radius 1 is 1.31 bits per heavy atom. The quantitative estimate of drug-likeness (QED) is 0.832. The van der Waals surface area contributed by atoms with E-state index in [2.05, 4.69) is 0 Å². The van der Waals surface area contributed by atoms with E-state index in [1.165, 1.54) is 12.1 Å². The summed E-state index contributed by atoms with van der Waals surface area (Å²) in [5.74, 6) is -3.40. The Morgan fingerprint density at radius 3 is 2.65 bits per heavy atom. The molecule has 0 saturated carbocycles. The summed E-state index contributed by atoms with van der Waals surface area (Å²) in [7, 11) is 0. The number of nitrogens with one attached hydrogen (secondary N) is 1. The van der Waals surface area contributed by atoms with Gasteiger partial charge in [0.1, 0.15) is 0 Å². The van der Waals surface area contributed by atoms with Crippen molar-refractivity contribution in [3.63, 3.8) is 0 Å². The lowest BCUT2D eigenvalue weighted by Gasteiger charge is -2.22. The lowest BCUT2D eigenvalue weighted by Crippen LogP contribution is -2.38. The third-order valence-electron chi connectivity index (χ3n) is 3.98. The van der Waals surface area contributed by atoms with Gasteiger partial charge in [0.15, 0.2) is 18.5 Å². The van der Waals surface area contributed by atoms with E-state index in [9.17, 15) is 23.2 Å². The van der Waals surface area contributed by atoms with Gasteiger partial charge in [0, 0.05) is 18.7 Å². The summed E-state index contributed by atoms with van der Waals surface area (Å²) in [6.07, 6.45) is -1.35. The van der Waals surface area contributed by atoms with Crippen LogP contribution in [0.3, 0.4) is 0 Å². The lowest BCUT2D eigenvalue weighted by atomic mass is 10.0. The minimum absolute atomic E-state index is 0.213. The summed E-state index contributed by atoms with van der Waals surface area (Å²) in [6.45, 7) is 0.227. The highest BCUT2D eigenvalue weighted by Crippen LogP contribution is 2.46. The summed E-state index contributed by atoms with van der Waals surface area (Å²) in [6, 6.07) is 8.91. The first-order valence-electron chi connectivity index (χ1n) is 7.79. The predicted octanol–water partition coefficient (Wildman–Crippen LogP) is 1.71. The van der Waals surface area contributed by atoms with E-state index in [4.69, 9.17) is 9.47 Å². The molecular formula is C17H16F2N2O5. The molecule has 1 N–H and O–H groups in total. The van der Waals surface area contributed by atoms with Gasteiger partial charge in [0.2, 0.25) is 5.85 Å². The molecule has 0 radical (unpaired) electrons. The molecule has 138 valence electrons. The Bertz CT molecular complexity index is 924. The second kappa shape index (κ2) is 6.49. The largest absolute Gasteiger partial charge is 0.456 e. The number of alkyl halides is 2. The standard InChI is InChI=1S/C17H16F2N2O5/c1-16(18)9-17(19,10-25-13(23)11-5-3-2-4-6-11)26-14(16)21-8-7-12(22)20-15(21)24/h2-8,14H,9-10H2,1H3,(H,20,22,24)/t14-,16-,17+/m1/s1. The van der Waals surface area contributed by atoms with Crippen molar-refractivity contribution in [3.05, 3.63) is 69.0 Å². The Hall–Kier alpha value is -2.81. The van der Waals surface area contributed by atoms with Crippen LogP contribution in [-0.2, 0) is 9.47 Å². The normalized spacial score (nSPS) is 28.0. The number of H-pyrrole nitrogens is 1. The Labute approximate surface area is 146 Å². The van der Waals surface area contributed by atoms with Crippen molar-refractivity contribution in [2.45, 2.75) is 31.1 Å². The molecule has 0 spiro atoms. The van der Waals surface area contributed by atoms with Crippen LogP contribution < -0.4 is 11.2 Å². The van der Waals surface area contributed by atoms with Crippen LogP contribution >= 0.6 is 0 Å². The van der Waals surface area contributed by atoms with Gasteiger partial charge in [-0.25, -0.2) is 18.4 Å². The molecule has 1 aromatic carbocycles. The molecule has 0 amide bonds. The number of carbonyl (C=O) groups is 1. The van der Waals surface area contributed by atoms with Gasteiger partial charge in [-0.2, -0.15) is 0 Å². The Kier molecular flexibility index (Phi) is 4.49. The van der Waals surface area contributed by atoms with E-state index in [-0.39, 0.29) is 5.56 Å². The minimum Gasteiger partial charge on any atom is -0.456 e. The molecule has 3 atom stereocenters. The second-order valence-corrected chi connectivity index (χ2v) is 6.27. The Balaban J connectivity index is 1.76. The van der Waals surface area contributed by atoms with Crippen molar-refractivity contribution in [3.8, 4) is 0 Å². The van der Waals surface area contributed by atoms with Crippen LogP contribution in [0, 0.1) is 0 Å². The van der Waals surface area contributed by atoms with Crippen molar-refractivity contribution in [2.75, 3.05) is 6.61 Å². The van der Waals surface area contributed by atoms with Crippen LogP contribution in [0.4, 0.5) is 8.78 Å². The Morgan fingerprint density at radius 2 is 2.00 bits per heavy atom. The highest BCUT2D eigenvalue weighted by molar-refractivity contribution is 5.89. The topological polar surface area (TPSA) is 90.4 Å². The van der Waals surface area contributed by atoms with Crippen molar-refractivity contribution in [1.82, 2.24) is 9.55 Å². The van der Waals surface area contributed by atoms with Crippen LogP contribution in [-0.4, -0.2) is 33.7 Å². The smallest absolute Gasteiger partial charge is 0.338 e. The van der Waals surface area contributed by atoms with Gasteiger partial charge in [-0.1, -0.05) is 18.2 Å². The molecule has 26 heavy (non-hydrogen) atoms. The summed E-state index contributed by atoms with van der Waals surface area (Å²) >= 11 is 0. The van der Waals surface area contributed by atoms with E-state index < -0.39 is 48.0 Å². The van der Waals surface area contributed by atoms with Crippen molar-refractivity contribution < 1.29 is 23.0 Å². The molecule has 1 aliphatic rings. The highest BCUT2D eigenvalue weighted by atomic mass is 19.2. The van der Waals surface area contributed by atoms with Crippen molar-refractivity contribution in [2.24, 2.45) is 0 Å². The third-order valence-corrected chi connectivity index (χ3v) is 3.98. The maximum Gasteiger partial charge on any atom is 0.338 e. The SMILES string of the molecule is C[C@@]1(F)C[C@@](F)(COC(=O)c2ccccc2)O[C@H]1n1ccc(=O)[nH]c1=O. The summed E-state index contributed by atoms with van der Waals surface area (Å²) < 4.78 is 40.5. The highest BCUT2D eigenvalue weighted by Gasteiger charge is 2.57. The lowest BCUT2D eigenvalue weighted by molar-refractivity contribution is -0.183. The van der Waals surface area contributed by atoms with Gasteiger partial charge in [0.25, 0.3) is 5.56 Å². The number of aromatic nitrogens is 2. The zero-order valence-electron chi connectivity index (χ0n) is 13.8. The number of carbonyl (C=O) groups excluding carboxylic acids is 1. The fourth-order valence-corrected chi connectivity index (χ4v) is 2.84. The maximum atomic E-state index is 14.9. The van der Waals surface area contributed by atoms with Crippen LogP contribution in [0.15, 0.2) is 52.2 Å². The van der Waals surface area contributed by atoms with Gasteiger partial charge in [-0.05, 0) is 19.1 Å². The molecule has 1 aromatic heterocycles. The molecular weight excluding hydrogens is 350 g/mol. The van der Waals surface area contributed by atoms with Gasteiger partial charge in [0.05, 0.1) is 5.56 Å². The number of nitrogens with zero attached hydrogens (tertiary/aromatic N) is 1. The van der Waals surface area contributed by atoms with Crippen LogP contribution in [0.25, 0.3) is 0 Å². The van der Waals surface area contributed by atoms with E-state index in [0.29, 0.717) is 0 Å². The van der Waals surface area contributed by atoms with Gasteiger partial charge in [-0.3, -0.25) is 14.3 Å². The number of benzene rings is 1. The number of esters is 1. The van der Waals surface area contributed by atoms with E-state index >= 15 is 0 Å². The molecule has 9 heteroatoms. The average Bonchev–Trinajstić information content (AvgIpc) is 2.83. The maximum absolute atomic E-state index is 14.9. The average molecular weight is 366 g/mol. The van der Waals surface area contributed by atoms with Crippen LogP contribution in [0.2, 0.25) is 0 Å². The molecule has 0 aliphatic carbocycles. The summed E-state index contributed by atoms with van der Waals surface area (Å²) in [5, 5.41) is 0. The van der Waals surface area contributed by atoms with Gasteiger partial charge in [-0.15, -0.1) is 0 Å². The first-order valence-corrected chi connectivity index (χ1v) is 7.79. The van der Waals surface area contributed by atoms with Crippen molar-refractivity contribution >= 4 is 5.97 Å². The van der Waals surface area contributed by atoms with Crippen LogP contribution in [0.5, 0.6) is 0 Å². The number of aromatic amines is 1. The van der Waals surface area contributed by atoms with Gasteiger partial charge < -0.3 is 9.47 Å². The van der Waals surface area contributed by atoms with E-state index in [1.807, 2.05) is 4.98 Å². The zero-order valence-corrected chi connectivity index (χ0v) is 13.8. The molecule has 1 saturated heterocycles. The van der Waals surface area contributed by atoms with Crippen LogP contribution in [0.1, 0.15) is 29.9 Å². The molecule has 1 aliphatic heterocycles. The summed E-state index contributed by atoms with van der Waals surface area (Å²) in [5.41, 5.74) is -3.66. The molecule has 2 heterocycles. The number of hydrogen-bond donors (Lipinski definition) is 1. The fraction of sp³-hybridized carbons (Fsp3) is 0.353. The number of ether oxygens (including phenoxy) is 2. The third kappa shape index (κ3) is 3.57. The van der Waals surface area contributed by atoms with E-state index in [0.717, 1.165) is 23.8 Å². The first kappa shape index (κ1) is 18.0.